The highest BCUT2D eigenvalue weighted by Gasteiger charge is 2.17. The van der Waals surface area contributed by atoms with Crippen LogP contribution in [0.3, 0.4) is 0 Å². The smallest absolute Gasteiger partial charge is 0.224 e. The lowest BCUT2D eigenvalue weighted by Crippen LogP contribution is -2.11. The van der Waals surface area contributed by atoms with Gasteiger partial charge in [-0.15, -0.1) is 0 Å². The lowest BCUT2D eigenvalue weighted by Gasteiger charge is -2.10. The van der Waals surface area contributed by atoms with Crippen LogP contribution in [0.25, 0.3) is 0 Å². The number of ether oxygens (including phenoxy) is 2. The highest BCUT2D eigenvalue weighted by molar-refractivity contribution is 9.09. The molecular formula is C14H18BrNO3. The summed E-state index contributed by atoms with van der Waals surface area (Å²) in [6.07, 6.45) is 2.22. The molecule has 19 heavy (non-hydrogen) atoms. The van der Waals surface area contributed by atoms with Gasteiger partial charge in [-0.3, -0.25) is 4.79 Å². The van der Waals surface area contributed by atoms with Crippen molar-refractivity contribution in [2.45, 2.75) is 25.6 Å². The Labute approximate surface area is 121 Å². The van der Waals surface area contributed by atoms with Crippen molar-refractivity contribution < 1.29 is 14.3 Å². The summed E-state index contributed by atoms with van der Waals surface area (Å²) in [5, 5.41) is 3.82. The number of hydrogen-bond donors (Lipinski definition) is 1. The molecule has 0 bridgehead atoms. The molecule has 0 radical (unpaired) electrons. The molecule has 0 aromatic heterocycles. The van der Waals surface area contributed by atoms with Crippen molar-refractivity contribution >= 4 is 27.5 Å². The second-order valence-corrected chi connectivity index (χ2v) is 5.18. The maximum absolute atomic E-state index is 11.7. The van der Waals surface area contributed by atoms with Crippen molar-refractivity contribution in [1.29, 1.82) is 0 Å². The number of halogens is 1. The largest absolute Gasteiger partial charge is 0.346 e. The van der Waals surface area contributed by atoms with E-state index in [2.05, 4.69) is 21.2 Å². The predicted octanol–water partition coefficient (Wildman–Crippen LogP) is 3.24. The highest BCUT2D eigenvalue weighted by atomic mass is 79.9. The van der Waals surface area contributed by atoms with Gasteiger partial charge in [0.05, 0.1) is 13.2 Å². The maximum atomic E-state index is 11.7. The average Bonchev–Trinajstić information content (AvgIpc) is 2.94. The average molecular weight is 328 g/mol. The molecule has 1 aliphatic rings. The van der Waals surface area contributed by atoms with E-state index in [-0.39, 0.29) is 12.2 Å². The van der Waals surface area contributed by atoms with Crippen LogP contribution in [-0.2, 0) is 14.3 Å². The summed E-state index contributed by atoms with van der Waals surface area (Å²) < 4.78 is 10.8. The van der Waals surface area contributed by atoms with Crippen LogP contribution in [0, 0.1) is 0 Å². The minimum atomic E-state index is -0.260. The fourth-order valence-electron chi connectivity index (χ4n) is 1.88. The van der Waals surface area contributed by atoms with Crippen LogP contribution in [0.5, 0.6) is 0 Å². The number of carbonyl (C=O) groups is 1. The first-order valence-corrected chi connectivity index (χ1v) is 7.61. The molecule has 104 valence electrons. The fourth-order valence-corrected chi connectivity index (χ4v) is 2.27. The van der Waals surface area contributed by atoms with Crippen LogP contribution in [0.4, 0.5) is 5.69 Å². The number of anilines is 1. The molecule has 5 heteroatoms. The fraction of sp³-hybridized carbons (Fsp3) is 0.500. The van der Waals surface area contributed by atoms with Gasteiger partial charge in [0.25, 0.3) is 0 Å². The maximum Gasteiger partial charge on any atom is 0.224 e. The van der Waals surface area contributed by atoms with E-state index in [0.717, 1.165) is 29.4 Å². The van der Waals surface area contributed by atoms with E-state index in [4.69, 9.17) is 9.47 Å². The highest BCUT2D eigenvalue weighted by Crippen LogP contribution is 2.24. The second-order valence-electron chi connectivity index (χ2n) is 4.39. The number of rotatable bonds is 6. The second kappa shape index (κ2) is 7.62. The number of nitrogens with one attached hydrogen (secondary N) is 1. The van der Waals surface area contributed by atoms with Crippen molar-refractivity contribution in [2.75, 3.05) is 23.9 Å². The molecule has 1 aliphatic heterocycles. The Hall–Kier alpha value is -0.910. The molecule has 0 saturated carbocycles. The summed E-state index contributed by atoms with van der Waals surface area (Å²) >= 11 is 3.35. The summed E-state index contributed by atoms with van der Waals surface area (Å²) in [5.74, 6) is 0.0575. The molecule has 4 nitrogen and oxygen atoms in total. The van der Waals surface area contributed by atoms with E-state index in [0.29, 0.717) is 19.6 Å². The van der Waals surface area contributed by atoms with Gasteiger partial charge >= 0.3 is 0 Å². The van der Waals surface area contributed by atoms with Crippen LogP contribution in [0.1, 0.15) is 31.1 Å². The summed E-state index contributed by atoms with van der Waals surface area (Å²) in [4.78, 5) is 11.7. The third kappa shape index (κ3) is 4.60. The molecule has 1 saturated heterocycles. The molecule has 0 atom stereocenters. The van der Waals surface area contributed by atoms with Gasteiger partial charge in [-0.2, -0.15) is 0 Å². The molecule has 2 rings (SSSR count). The van der Waals surface area contributed by atoms with Gasteiger partial charge in [-0.05, 0) is 25.0 Å². The zero-order chi connectivity index (χ0) is 13.5. The predicted molar refractivity (Wildman–Crippen MR) is 77.4 cm³/mol. The normalized spacial score (nSPS) is 15.6. The molecule has 0 spiro atoms. The summed E-state index contributed by atoms with van der Waals surface area (Å²) in [7, 11) is 0. The first kappa shape index (κ1) is 14.5. The lowest BCUT2D eigenvalue weighted by molar-refractivity contribution is -0.116. The van der Waals surface area contributed by atoms with E-state index in [1.165, 1.54) is 0 Å². The Balaban J connectivity index is 1.82. The van der Waals surface area contributed by atoms with Crippen molar-refractivity contribution in [3.05, 3.63) is 29.8 Å². The molecule has 0 aliphatic carbocycles. The van der Waals surface area contributed by atoms with Crippen molar-refractivity contribution in [1.82, 2.24) is 0 Å². The van der Waals surface area contributed by atoms with Crippen LogP contribution >= 0.6 is 15.9 Å². The minimum absolute atomic E-state index is 0.0575. The zero-order valence-electron chi connectivity index (χ0n) is 10.7. The Morgan fingerprint density at radius 2 is 1.89 bits per heavy atom. The molecule has 0 unspecified atom stereocenters. The molecule has 1 aromatic rings. The van der Waals surface area contributed by atoms with Gasteiger partial charge in [0.2, 0.25) is 5.91 Å². The van der Waals surface area contributed by atoms with Crippen LogP contribution in [-0.4, -0.2) is 24.5 Å². The Morgan fingerprint density at radius 1 is 1.21 bits per heavy atom. The third-order valence-electron chi connectivity index (χ3n) is 2.88. The third-order valence-corrected chi connectivity index (χ3v) is 3.44. The van der Waals surface area contributed by atoms with Gasteiger partial charge in [0, 0.05) is 23.0 Å². The Bertz CT molecular complexity index is 402. The van der Waals surface area contributed by atoms with Crippen molar-refractivity contribution in [2.24, 2.45) is 0 Å². The number of alkyl halides is 1. The SMILES string of the molecule is O=C(CCCCBr)Nc1ccc(C2OCCO2)cc1. The molecule has 1 heterocycles. The first-order chi connectivity index (χ1) is 9.29. The quantitative estimate of drug-likeness (QED) is 0.644. The van der Waals surface area contributed by atoms with E-state index < -0.39 is 0 Å². The van der Waals surface area contributed by atoms with Crippen molar-refractivity contribution in [3.63, 3.8) is 0 Å². The number of carbonyl (C=O) groups excluding carboxylic acids is 1. The molecule has 1 aromatic carbocycles. The first-order valence-electron chi connectivity index (χ1n) is 6.48. The molecular weight excluding hydrogens is 310 g/mol. The topological polar surface area (TPSA) is 47.6 Å². The van der Waals surface area contributed by atoms with Gasteiger partial charge in [0.15, 0.2) is 6.29 Å². The number of hydrogen-bond acceptors (Lipinski definition) is 3. The monoisotopic (exact) mass is 327 g/mol. The van der Waals surface area contributed by atoms with Gasteiger partial charge in [-0.1, -0.05) is 28.1 Å². The Kier molecular flexibility index (Phi) is 5.82. The van der Waals surface area contributed by atoms with E-state index >= 15 is 0 Å². The van der Waals surface area contributed by atoms with Gasteiger partial charge in [-0.25, -0.2) is 0 Å². The minimum Gasteiger partial charge on any atom is -0.346 e. The standard InChI is InChI=1S/C14H18BrNO3/c15-8-2-1-3-13(17)16-12-6-4-11(5-7-12)14-18-9-10-19-14/h4-7,14H,1-3,8-10H2,(H,16,17). The van der Waals surface area contributed by atoms with Gasteiger partial charge < -0.3 is 14.8 Å². The Morgan fingerprint density at radius 3 is 2.53 bits per heavy atom. The summed E-state index contributed by atoms with van der Waals surface area (Å²) in [5.41, 5.74) is 1.79. The van der Waals surface area contributed by atoms with Crippen LogP contribution in [0.2, 0.25) is 0 Å². The van der Waals surface area contributed by atoms with Crippen molar-refractivity contribution in [3.8, 4) is 0 Å². The van der Waals surface area contributed by atoms with Crippen LogP contribution in [0.15, 0.2) is 24.3 Å². The summed E-state index contributed by atoms with van der Waals surface area (Å²) in [6, 6.07) is 7.60. The van der Waals surface area contributed by atoms with E-state index in [1.54, 1.807) is 0 Å². The van der Waals surface area contributed by atoms with Gasteiger partial charge in [0.1, 0.15) is 0 Å². The number of unbranched alkanes of at least 4 members (excludes halogenated alkanes) is 1. The zero-order valence-corrected chi connectivity index (χ0v) is 12.3. The lowest BCUT2D eigenvalue weighted by atomic mass is 10.2. The van der Waals surface area contributed by atoms with E-state index in [9.17, 15) is 4.79 Å². The number of benzene rings is 1. The molecule has 1 amide bonds. The molecule has 1 N–H and O–H groups in total. The molecule has 1 fully saturated rings. The summed E-state index contributed by atoms with van der Waals surface area (Å²) in [6.45, 7) is 1.27. The van der Waals surface area contributed by atoms with E-state index in [1.807, 2.05) is 24.3 Å². The van der Waals surface area contributed by atoms with Crippen LogP contribution < -0.4 is 5.32 Å². The number of amides is 1.